The summed E-state index contributed by atoms with van der Waals surface area (Å²) in [6.45, 7) is -0.248. The van der Waals surface area contributed by atoms with Gasteiger partial charge in [-0.25, -0.2) is 4.39 Å². The number of aliphatic hydroxyl groups is 1. The summed E-state index contributed by atoms with van der Waals surface area (Å²) in [5, 5.41) is 11.3. The van der Waals surface area contributed by atoms with E-state index in [0.717, 1.165) is 0 Å². The van der Waals surface area contributed by atoms with Crippen LogP contribution in [0.2, 0.25) is 0 Å². The molecule has 0 aromatic heterocycles. The Morgan fingerprint density at radius 1 is 1.39 bits per heavy atom. The number of carbonyl (C=O) groups excluding carboxylic acids is 2. The van der Waals surface area contributed by atoms with Crippen molar-refractivity contribution in [2.75, 3.05) is 6.54 Å². The highest BCUT2D eigenvalue weighted by Gasteiger charge is 2.10. The molecule has 0 radical (unpaired) electrons. The Labute approximate surface area is 103 Å². The molecule has 0 aliphatic rings. The molecule has 1 aromatic carbocycles. The number of rotatable bonds is 5. The van der Waals surface area contributed by atoms with Crippen LogP contribution >= 0.6 is 0 Å². The Balaban J connectivity index is 2.45. The maximum absolute atomic E-state index is 12.6. The molecule has 18 heavy (non-hydrogen) atoms. The normalized spacial score (nSPS) is 12.3. The van der Waals surface area contributed by atoms with Gasteiger partial charge in [-0.2, -0.15) is 0 Å². The average Bonchev–Trinajstić information content (AvgIpc) is 2.35. The van der Waals surface area contributed by atoms with Gasteiger partial charge in [-0.15, -0.1) is 0 Å². The highest BCUT2D eigenvalue weighted by molar-refractivity contribution is 5.92. The number of nitrogens with one attached hydrogen (secondary N) is 1. The maximum Gasteiger partial charge on any atom is 0.248 e. The maximum atomic E-state index is 12.6. The molecule has 1 rings (SSSR count). The van der Waals surface area contributed by atoms with Gasteiger partial charge in [0.25, 0.3) is 0 Å². The van der Waals surface area contributed by atoms with Crippen molar-refractivity contribution in [3.63, 3.8) is 0 Å². The van der Waals surface area contributed by atoms with Crippen molar-refractivity contribution in [3.05, 3.63) is 41.7 Å². The quantitative estimate of drug-likeness (QED) is 0.634. The molecule has 0 heterocycles. The zero-order valence-corrected chi connectivity index (χ0v) is 9.47. The Hall–Kier alpha value is -2.21. The summed E-state index contributed by atoms with van der Waals surface area (Å²) in [6.07, 6.45) is 1.28. The fourth-order valence-corrected chi connectivity index (χ4v) is 1.10. The summed E-state index contributed by atoms with van der Waals surface area (Å²) in [7, 11) is 0. The highest BCUT2D eigenvalue weighted by atomic mass is 19.1. The minimum absolute atomic E-state index is 0.248. The molecule has 0 aliphatic heterocycles. The van der Waals surface area contributed by atoms with E-state index in [1.165, 1.54) is 36.4 Å². The molecule has 0 saturated heterocycles. The number of nitrogens with two attached hydrogens (primary N) is 1. The molecule has 0 saturated carbocycles. The summed E-state index contributed by atoms with van der Waals surface area (Å²) in [6, 6.07) is 5.57. The number of amides is 2. The van der Waals surface area contributed by atoms with Gasteiger partial charge in [0.2, 0.25) is 11.8 Å². The van der Waals surface area contributed by atoms with Crippen LogP contribution in [0, 0.1) is 5.82 Å². The van der Waals surface area contributed by atoms with Crippen molar-refractivity contribution in [2.24, 2.45) is 5.73 Å². The van der Waals surface area contributed by atoms with Gasteiger partial charge in [-0.1, -0.05) is 12.1 Å². The zero-order chi connectivity index (χ0) is 13.5. The first-order chi connectivity index (χ1) is 8.49. The van der Waals surface area contributed by atoms with Crippen LogP contribution in [0.15, 0.2) is 30.3 Å². The second-order valence-corrected chi connectivity index (χ2v) is 3.55. The van der Waals surface area contributed by atoms with Crippen LogP contribution in [0.4, 0.5) is 4.39 Å². The number of hydrogen-bond acceptors (Lipinski definition) is 3. The number of carbonyl (C=O) groups is 2. The van der Waals surface area contributed by atoms with Crippen molar-refractivity contribution in [3.8, 4) is 0 Å². The Kier molecular flexibility index (Phi) is 5.01. The number of aliphatic hydroxyl groups excluding tert-OH is 1. The largest absolute Gasteiger partial charge is 0.381 e. The lowest BCUT2D eigenvalue weighted by atomic mass is 10.2. The molecular formula is C12H13FN2O3. The third-order valence-corrected chi connectivity index (χ3v) is 2.10. The van der Waals surface area contributed by atoms with E-state index in [1.54, 1.807) is 0 Å². The number of primary amides is 1. The lowest BCUT2D eigenvalue weighted by Gasteiger charge is -2.05. The van der Waals surface area contributed by atoms with Gasteiger partial charge >= 0.3 is 0 Å². The predicted octanol–water partition coefficient (Wildman–Crippen LogP) is -0.199. The number of halogens is 1. The highest BCUT2D eigenvalue weighted by Crippen LogP contribution is 2.04. The van der Waals surface area contributed by atoms with Crippen LogP contribution in [0.1, 0.15) is 5.56 Å². The second-order valence-electron chi connectivity index (χ2n) is 3.55. The number of benzene rings is 1. The first-order valence-corrected chi connectivity index (χ1v) is 5.18. The molecule has 96 valence electrons. The SMILES string of the molecule is NC(=O)C(O)CNC(=O)/C=C/c1ccc(F)cc1. The molecule has 0 aliphatic carbocycles. The van der Waals surface area contributed by atoms with Crippen molar-refractivity contribution >= 4 is 17.9 Å². The van der Waals surface area contributed by atoms with Crippen molar-refractivity contribution in [1.82, 2.24) is 5.32 Å². The molecule has 1 atom stereocenters. The van der Waals surface area contributed by atoms with E-state index in [2.05, 4.69) is 5.32 Å². The van der Waals surface area contributed by atoms with Crippen LogP contribution in [0.25, 0.3) is 6.08 Å². The number of hydrogen-bond donors (Lipinski definition) is 3. The third kappa shape index (κ3) is 4.75. The Bertz CT molecular complexity index is 457. The summed E-state index contributed by atoms with van der Waals surface area (Å²) in [5.74, 6) is -1.75. The molecule has 0 bridgehead atoms. The van der Waals surface area contributed by atoms with Crippen LogP contribution in [-0.2, 0) is 9.59 Å². The van der Waals surface area contributed by atoms with E-state index in [9.17, 15) is 14.0 Å². The zero-order valence-electron chi connectivity index (χ0n) is 9.47. The van der Waals surface area contributed by atoms with Crippen LogP contribution < -0.4 is 11.1 Å². The molecule has 1 unspecified atom stereocenters. The minimum Gasteiger partial charge on any atom is -0.381 e. The molecule has 6 heteroatoms. The summed E-state index contributed by atoms with van der Waals surface area (Å²) in [4.78, 5) is 21.8. The topological polar surface area (TPSA) is 92.4 Å². The summed E-state index contributed by atoms with van der Waals surface area (Å²) >= 11 is 0. The van der Waals surface area contributed by atoms with E-state index >= 15 is 0 Å². The molecule has 0 fully saturated rings. The van der Waals surface area contributed by atoms with Gasteiger partial charge in [0.1, 0.15) is 11.9 Å². The minimum atomic E-state index is -1.41. The molecule has 4 N–H and O–H groups in total. The van der Waals surface area contributed by atoms with Gasteiger partial charge in [-0.3, -0.25) is 9.59 Å². The van der Waals surface area contributed by atoms with Crippen molar-refractivity contribution in [2.45, 2.75) is 6.10 Å². The van der Waals surface area contributed by atoms with Gasteiger partial charge in [0.05, 0.1) is 6.54 Å². The van der Waals surface area contributed by atoms with Crippen LogP contribution in [-0.4, -0.2) is 29.6 Å². The molecule has 5 nitrogen and oxygen atoms in total. The average molecular weight is 252 g/mol. The van der Waals surface area contributed by atoms with Gasteiger partial charge in [-0.05, 0) is 23.8 Å². The van der Waals surface area contributed by atoms with Crippen molar-refractivity contribution < 1.29 is 19.1 Å². The Morgan fingerprint density at radius 3 is 2.56 bits per heavy atom. The van der Waals surface area contributed by atoms with Crippen molar-refractivity contribution in [1.29, 1.82) is 0 Å². The van der Waals surface area contributed by atoms with Crippen LogP contribution in [0.3, 0.4) is 0 Å². The lowest BCUT2D eigenvalue weighted by Crippen LogP contribution is -2.39. The first-order valence-electron chi connectivity index (χ1n) is 5.18. The Morgan fingerprint density at radius 2 is 2.00 bits per heavy atom. The molecule has 2 amide bonds. The first kappa shape index (κ1) is 13.9. The fraction of sp³-hybridized carbons (Fsp3) is 0.167. The summed E-state index contributed by atoms with van der Waals surface area (Å²) < 4.78 is 12.6. The summed E-state index contributed by atoms with van der Waals surface area (Å²) in [5.41, 5.74) is 5.46. The molecule has 0 spiro atoms. The molecule has 1 aromatic rings. The van der Waals surface area contributed by atoms with Gasteiger partial charge in [0, 0.05) is 6.08 Å². The predicted molar refractivity (Wildman–Crippen MR) is 63.6 cm³/mol. The second kappa shape index (κ2) is 6.51. The monoisotopic (exact) mass is 252 g/mol. The smallest absolute Gasteiger partial charge is 0.248 e. The van der Waals surface area contributed by atoms with Gasteiger partial charge in [0.15, 0.2) is 0 Å². The lowest BCUT2D eigenvalue weighted by molar-refractivity contribution is -0.126. The van der Waals surface area contributed by atoms with E-state index in [-0.39, 0.29) is 12.4 Å². The third-order valence-electron chi connectivity index (χ3n) is 2.10. The standard InChI is InChI=1S/C12H13FN2O3/c13-9-4-1-8(2-5-9)3-6-11(17)15-7-10(16)12(14)18/h1-6,10,16H,7H2,(H2,14,18)(H,15,17)/b6-3+. The molecular weight excluding hydrogens is 239 g/mol. The van der Waals surface area contributed by atoms with E-state index in [0.29, 0.717) is 5.56 Å². The van der Waals surface area contributed by atoms with Gasteiger partial charge < -0.3 is 16.2 Å². The van der Waals surface area contributed by atoms with Crippen LogP contribution in [0.5, 0.6) is 0 Å². The van der Waals surface area contributed by atoms with E-state index in [4.69, 9.17) is 10.8 Å². The van der Waals surface area contributed by atoms with E-state index < -0.39 is 17.9 Å². The van der Waals surface area contributed by atoms with E-state index in [1.807, 2.05) is 0 Å². The fourth-order valence-electron chi connectivity index (χ4n) is 1.10.